The van der Waals surface area contributed by atoms with Gasteiger partial charge < -0.3 is 0 Å². The normalized spacial score (nSPS) is 14.4. The van der Waals surface area contributed by atoms with Gasteiger partial charge in [0.25, 0.3) is 0 Å². The van der Waals surface area contributed by atoms with Gasteiger partial charge in [-0.05, 0) is 90.1 Å². The molecule has 12 rings (SSSR count). The molecule has 60 heavy (non-hydrogen) atoms. The fraction of sp³-hybridized carbons (Fsp3) is 0.0517. The van der Waals surface area contributed by atoms with E-state index in [1.165, 1.54) is 92.4 Å². The largest absolute Gasteiger partial charge is 0.296 e. The Hall–Kier alpha value is -7.55. The highest BCUT2D eigenvalue weighted by Gasteiger charge is 2.27. The summed E-state index contributed by atoms with van der Waals surface area (Å²) in [5, 5.41) is 15.0. The molecule has 0 spiro atoms. The van der Waals surface area contributed by atoms with Gasteiger partial charge in [-0.2, -0.15) is 0 Å². The second kappa shape index (κ2) is 13.5. The molecule has 2 heteroatoms. The third kappa shape index (κ3) is 5.17. The molecule has 1 aliphatic heterocycles. The number of hydrogen-bond acceptors (Lipinski definition) is 1. The van der Waals surface area contributed by atoms with E-state index in [-0.39, 0.29) is 5.92 Å². The molecule has 0 saturated carbocycles. The number of aliphatic imine (C=N–C) groups is 1. The van der Waals surface area contributed by atoms with Gasteiger partial charge >= 0.3 is 0 Å². The predicted molar refractivity (Wildman–Crippen MR) is 256 cm³/mol. The van der Waals surface area contributed by atoms with Crippen LogP contribution in [0.3, 0.4) is 0 Å². The first-order valence-corrected chi connectivity index (χ1v) is 21.0. The summed E-state index contributed by atoms with van der Waals surface area (Å²) >= 11 is 0. The molecule has 0 radical (unpaired) electrons. The maximum atomic E-state index is 5.88. The van der Waals surface area contributed by atoms with Crippen molar-refractivity contribution in [2.24, 2.45) is 10.9 Å². The molecule has 1 aromatic heterocycles. The highest BCUT2D eigenvalue weighted by atomic mass is 15.1. The zero-order valence-corrected chi connectivity index (χ0v) is 33.5. The zero-order chi connectivity index (χ0) is 39.9. The number of benzene rings is 10. The third-order valence-corrected chi connectivity index (χ3v) is 13.1. The second-order valence-corrected chi connectivity index (χ2v) is 16.3. The van der Waals surface area contributed by atoms with Crippen LogP contribution in [0.4, 0.5) is 0 Å². The molecule has 2 heterocycles. The van der Waals surface area contributed by atoms with E-state index < -0.39 is 0 Å². The summed E-state index contributed by atoms with van der Waals surface area (Å²) in [4.78, 5) is 5.88. The number of rotatable bonds is 3. The molecule has 282 valence electrons. The van der Waals surface area contributed by atoms with Crippen molar-refractivity contribution in [1.29, 1.82) is 0 Å². The van der Waals surface area contributed by atoms with Crippen LogP contribution in [0.15, 0.2) is 205 Å². The summed E-state index contributed by atoms with van der Waals surface area (Å²) < 4.78 is 2.51. The SMILES string of the molecule is CC1=c2ccccc2=C(c2ccc(-c3ccccc3)cc2)N=C(n2c3ccccc3c3cc4ccccc4c(-c4ccc5c6ccccc6c6ccccc6c5c4)c32)C1C. The Morgan fingerprint density at radius 3 is 1.63 bits per heavy atom. The summed E-state index contributed by atoms with van der Waals surface area (Å²) in [6, 6.07) is 73.5. The van der Waals surface area contributed by atoms with Gasteiger partial charge in [-0.1, -0.05) is 194 Å². The van der Waals surface area contributed by atoms with Crippen molar-refractivity contribution >= 4 is 82.0 Å². The van der Waals surface area contributed by atoms with Gasteiger partial charge in [-0.15, -0.1) is 0 Å². The maximum absolute atomic E-state index is 5.88. The lowest BCUT2D eigenvalue weighted by Gasteiger charge is -2.21. The van der Waals surface area contributed by atoms with Gasteiger partial charge in [-0.3, -0.25) is 4.57 Å². The monoisotopic (exact) mass is 764 g/mol. The molecule has 11 aromatic rings. The summed E-state index contributed by atoms with van der Waals surface area (Å²) in [6.07, 6.45) is 0. The average molecular weight is 765 g/mol. The minimum atomic E-state index is 0.0116. The molecule has 0 saturated heterocycles. The van der Waals surface area contributed by atoms with Crippen molar-refractivity contribution in [3.63, 3.8) is 0 Å². The second-order valence-electron chi connectivity index (χ2n) is 16.3. The topological polar surface area (TPSA) is 17.3 Å². The first kappa shape index (κ1) is 34.5. The van der Waals surface area contributed by atoms with E-state index in [1.54, 1.807) is 0 Å². The van der Waals surface area contributed by atoms with Gasteiger partial charge in [0.1, 0.15) is 5.84 Å². The van der Waals surface area contributed by atoms with Crippen molar-refractivity contribution in [1.82, 2.24) is 4.57 Å². The Kier molecular flexibility index (Phi) is 7.77. The smallest absolute Gasteiger partial charge is 0.121 e. The number of nitrogens with zero attached hydrogens (tertiary/aromatic N) is 2. The first-order chi connectivity index (χ1) is 29.6. The first-order valence-electron chi connectivity index (χ1n) is 21.0. The molecule has 2 nitrogen and oxygen atoms in total. The van der Waals surface area contributed by atoms with Crippen LogP contribution in [0.2, 0.25) is 0 Å². The molecular weight excluding hydrogens is 725 g/mol. The Morgan fingerprint density at radius 1 is 0.400 bits per heavy atom. The molecule has 1 atom stereocenters. The van der Waals surface area contributed by atoms with Crippen LogP contribution < -0.4 is 10.4 Å². The molecule has 0 amide bonds. The summed E-state index contributed by atoms with van der Waals surface area (Å²) in [7, 11) is 0. The lowest BCUT2D eigenvalue weighted by Crippen LogP contribution is -2.29. The van der Waals surface area contributed by atoms with Gasteiger partial charge in [0.05, 0.1) is 16.7 Å². The van der Waals surface area contributed by atoms with Gasteiger partial charge in [0.15, 0.2) is 0 Å². The van der Waals surface area contributed by atoms with Gasteiger partial charge in [0, 0.05) is 33.0 Å². The van der Waals surface area contributed by atoms with Crippen LogP contribution in [0, 0.1) is 5.92 Å². The van der Waals surface area contributed by atoms with Crippen LogP contribution in [-0.4, -0.2) is 10.4 Å². The van der Waals surface area contributed by atoms with Crippen LogP contribution in [0.5, 0.6) is 0 Å². The van der Waals surface area contributed by atoms with Crippen LogP contribution in [0.1, 0.15) is 19.4 Å². The Morgan fingerprint density at radius 2 is 0.917 bits per heavy atom. The van der Waals surface area contributed by atoms with E-state index in [4.69, 9.17) is 4.99 Å². The standard InChI is InChI=1S/C58H40N2/c1-36-37(2)58(59-56(51-26-13-8-19-43(36)51)40-30-28-39(29-31-40)38-16-4-3-5-17-38)60-54-27-15-14-25-50(54)53-34-41-18-6-7-20-44(41)55(57(53)60)42-32-33-49-47-23-10-9-21-45(47)46-22-11-12-24-48(46)52(49)35-42/h3-35,37H,1-2H3. The minimum absolute atomic E-state index is 0.0116. The van der Waals surface area contributed by atoms with E-state index in [0.29, 0.717) is 0 Å². The summed E-state index contributed by atoms with van der Waals surface area (Å²) in [5.41, 5.74) is 10.5. The molecule has 1 unspecified atom stereocenters. The predicted octanol–water partition coefficient (Wildman–Crippen LogP) is 13.7. The van der Waals surface area contributed by atoms with E-state index in [2.05, 4.69) is 219 Å². The molecule has 10 aromatic carbocycles. The lowest BCUT2D eigenvalue weighted by atomic mass is 9.90. The van der Waals surface area contributed by atoms with E-state index in [1.807, 2.05) is 0 Å². The van der Waals surface area contributed by atoms with Crippen molar-refractivity contribution in [2.75, 3.05) is 0 Å². The lowest BCUT2D eigenvalue weighted by molar-refractivity contribution is 0.952. The molecule has 0 aliphatic carbocycles. The number of aromatic nitrogens is 1. The summed E-state index contributed by atoms with van der Waals surface area (Å²) in [6.45, 7) is 4.63. The average Bonchev–Trinajstić information content (AvgIpc) is 3.59. The Labute approximate surface area is 348 Å². The van der Waals surface area contributed by atoms with Crippen molar-refractivity contribution in [3.8, 4) is 22.3 Å². The van der Waals surface area contributed by atoms with Gasteiger partial charge in [0.2, 0.25) is 0 Å². The highest BCUT2D eigenvalue weighted by Crippen LogP contribution is 2.44. The van der Waals surface area contributed by atoms with E-state index >= 15 is 0 Å². The third-order valence-electron chi connectivity index (χ3n) is 13.1. The number of fused-ring (bicyclic) bond motifs is 11. The Bertz CT molecular complexity index is 3680. The molecule has 0 N–H and O–H groups in total. The Balaban J connectivity index is 1.19. The van der Waals surface area contributed by atoms with E-state index in [9.17, 15) is 0 Å². The molecule has 1 aliphatic rings. The fourth-order valence-corrected chi connectivity index (χ4v) is 10.0. The van der Waals surface area contributed by atoms with Crippen LogP contribution >= 0.6 is 0 Å². The fourth-order valence-electron chi connectivity index (χ4n) is 10.0. The van der Waals surface area contributed by atoms with Crippen LogP contribution in [0.25, 0.3) is 98.4 Å². The van der Waals surface area contributed by atoms with Gasteiger partial charge in [-0.25, -0.2) is 4.99 Å². The highest BCUT2D eigenvalue weighted by molar-refractivity contribution is 6.28. The minimum Gasteiger partial charge on any atom is -0.296 e. The molecule has 0 fully saturated rings. The number of hydrogen-bond donors (Lipinski definition) is 0. The quantitative estimate of drug-likeness (QED) is 0.159. The zero-order valence-electron chi connectivity index (χ0n) is 33.5. The van der Waals surface area contributed by atoms with Crippen molar-refractivity contribution in [3.05, 3.63) is 216 Å². The molecular formula is C58H40N2. The summed E-state index contributed by atoms with van der Waals surface area (Å²) in [5.74, 6) is 1.03. The van der Waals surface area contributed by atoms with E-state index in [0.717, 1.165) is 27.8 Å². The van der Waals surface area contributed by atoms with Crippen LogP contribution in [-0.2, 0) is 0 Å². The van der Waals surface area contributed by atoms with Crippen molar-refractivity contribution < 1.29 is 0 Å². The number of para-hydroxylation sites is 1. The van der Waals surface area contributed by atoms with Crippen molar-refractivity contribution in [2.45, 2.75) is 13.8 Å². The molecule has 0 bridgehead atoms. The maximum Gasteiger partial charge on any atom is 0.121 e.